The molecule has 1 aliphatic rings. The van der Waals surface area contributed by atoms with Gasteiger partial charge in [-0.05, 0) is 43.5 Å². The van der Waals surface area contributed by atoms with Crippen molar-refractivity contribution in [2.45, 2.75) is 44.4 Å². The lowest BCUT2D eigenvalue weighted by Gasteiger charge is -2.22. The van der Waals surface area contributed by atoms with Crippen molar-refractivity contribution in [3.05, 3.63) is 54.4 Å². The van der Waals surface area contributed by atoms with E-state index in [1.54, 1.807) is 12.4 Å². The second-order valence-corrected chi connectivity index (χ2v) is 7.88. The van der Waals surface area contributed by atoms with Crippen LogP contribution in [0.5, 0.6) is 0 Å². The Morgan fingerprint density at radius 2 is 2.07 bits per heavy atom. The van der Waals surface area contributed by atoms with Gasteiger partial charge in [0.15, 0.2) is 11.0 Å². The van der Waals surface area contributed by atoms with Crippen molar-refractivity contribution >= 4 is 23.4 Å². The van der Waals surface area contributed by atoms with Gasteiger partial charge in [-0.3, -0.25) is 9.78 Å². The molecule has 1 amide bonds. The van der Waals surface area contributed by atoms with Gasteiger partial charge in [-0.25, -0.2) is 0 Å². The summed E-state index contributed by atoms with van der Waals surface area (Å²) >= 11 is 1.45. The quantitative estimate of drug-likeness (QED) is 0.596. The highest BCUT2D eigenvalue weighted by Gasteiger charge is 2.30. The van der Waals surface area contributed by atoms with Crippen LogP contribution in [0, 0.1) is 0 Å². The highest BCUT2D eigenvalue weighted by molar-refractivity contribution is 7.99. The number of anilines is 1. The molecule has 0 aliphatic carbocycles. The Hall–Kier alpha value is -2.67. The molecule has 1 aromatic carbocycles. The molecule has 4 rings (SSSR count). The predicted octanol–water partition coefficient (Wildman–Crippen LogP) is 3.82. The number of rotatable bonds is 6. The molecule has 2 aromatic heterocycles. The SMILES string of the molecule is CCCn1c(SCC(=O)N2c3ccccc3C[C@H]2C)nnc1-c1cccnc1. The fraction of sp³-hybridized carbons (Fsp3) is 0.333. The average molecular weight is 394 g/mol. The van der Waals surface area contributed by atoms with Gasteiger partial charge in [-0.15, -0.1) is 10.2 Å². The van der Waals surface area contributed by atoms with E-state index < -0.39 is 0 Å². The van der Waals surface area contributed by atoms with E-state index in [9.17, 15) is 4.79 Å². The number of aromatic nitrogens is 4. The lowest BCUT2D eigenvalue weighted by Crippen LogP contribution is -2.37. The number of hydrogen-bond acceptors (Lipinski definition) is 5. The highest BCUT2D eigenvalue weighted by atomic mass is 32.2. The van der Waals surface area contributed by atoms with Crippen molar-refractivity contribution in [1.82, 2.24) is 19.7 Å². The normalized spacial score (nSPS) is 15.6. The zero-order valence-electron chi connectivity index (χ0n) is 16.1. The first kappa shape index (κ1) is 18.7. The lowest BCUT2D eigenvalue weighted by molar-refractivity contribution is -0.116. The minimum Gasteiger partial charge on any atom is -0.308 e. The van der Waals surface area contributed by atoms with Crippen LogP contribution in [-0.2, 0) is 17.8 Å². The molecule has 0 unspecified atom stereocenters. The number of amides is 1. The maximum atomic E-state index is 13.0. The predicted molar refractivity (Wildman–Crippen MR) is 111 cm³/mol. The number of fused-ring (bicyclic) bond motifs is 1. The summed E-state index contributed by atoms with van der Waals surface area (Å²) in [5, 5.41) is 9.48. The number of carbonyl (C=O) groups excluding carboxylic acids is 1. The maximum Gasteiger partial charge on any atom is 0.237 e. The number of nitrogens with zero attached hydrogens (tertiary/aromatic N) is 5. The minimum atomic E-state index is 0.108. The molecule has 1 atom stereocenters. The largest absolute Gasteiger partial charge is 0.308 e. The van der Waals surface area contributed by atoms with Crippen molar-refractivity contribution in [3.63, 3.8) is 0 Å². The summed E-state index contributed by atoms with van der Waals surface area (Å²) < 4.78 is 2.08. The van der Waals surface area contributed by atoms with Gasteiger partial charge in [0.1, 0.15) is 0 Å². The van der Waals surface area contributed by atoms with Gasteiger partial charge in [0.25, 0.3) is 0 Å². The van der Waals surface area contributed by atoms with Crippen LogP contribution in [0.2, 0.25) is 0 Å². The molecule has 0 bridgehead atoms. The van der Waals surface area contributed by atoms with Crippen molar-refractivity contribution in [2.75, 3.05) is 10.7 Å². The van der Waals surface area contributed by atoms with Gasteiger partial charge in [0.2, 0.25) is 5.91 Å². The maximum absolute atomic E-state index is 13.0. The summed E-state index contributed by atoms with van der Waals surface area (Å²) in [6, 6.07) is 12.2. The van der Waals surface area contributed by atoms with E-state index in [1.165, 1.54) is 17.3 Å². The number of benzene rings is 1. The van der Waals surface area contributed by atoms with Gasteiger partial charge in [0.05, 0.1) is 5.75 Å². The zero-order valence-corrected chi connectivity index (χ0v) is 16.9. The Balaban J connectivity index is 1.52. The topological polar surface area (TPSA) is 63.9 Å². The second-order valence-electron chi connectivity index (χ2n) is 6.93. The van der Waals surface area contributed by atoms with E-state index in [1.807, 2.05) is 35.2 Å². The van der Waals surface area contributed by atoms with Gasteiger partial charge < -0.3 is 9.47 Å². The summed E-state index contributed by atoms with van der Waals surface area (Å²) in [7, 11) is 0. The summed E-state index contributed by atoms with van der Waals surface area (Å²) in [5.74, 6) is 1.24. The molecule has 0 N–H and O–H groups in total. The molecular weight excluding hydrogens is 370 g/mol. The molecule has 6 nitrogen and oxygen atoms in total. The highest BCUT2D eigenvalue weighted by Crippen LogP contribution is 2.33. The van der Waals surface area contributed by atoms with Crippen LogP contribution in [0.15, 0.2) is 53.9 Å². The molecule has 3 aromatic rings. The molecule has 0 fully saturated rings. The summed E-state index contributed by atoms with van der Waals surface area (Å²) in [6.07, 6.45) is 5.40. The third-order valence-electron chi connectivity index (χ3n) is 4.88. The summed E-state index contributed by atoms with van der Waals surface area (Å²) in [4.78, 5) is 19.1. The van der Waals surface area contributed by atoms with Crippen molar-refractivity contribution < 1.29 is 4.79 Å². The molecule has 28 heavy (non-hydrogen) atoms. The number of pyridine rings is 1. The van der Waals surface area contributed by atoms with E-state index in [2.05, 4.69) is 39.7 Å². The Morgan fingerprint density at radius 1 is 1.21 bits per heavy atom. The molecule has 3 heterocycles. The number of thioether (sulfide) groups is 1. The van der Waals surface area contributed by atoms with Crippen LogP contribution in [0.25, 0.3) is 11.4 Å². The number of carbonyl (C=O) groups is 1. The molecule has 0 radical (unpaired) electrons. The van der Waals surface area contributed by atoms with Gasteiger partial charge in [-0.1, -0.05) is 36.9 Å². The minimum absolute atomic E-state index is 0.108. The third kappa shape index (κ3) is 3.54. The zero-order chi connectivity index (χ0) is 19.5. The van der Waals surface area contributed by atoms with Gasteiger partial charge in [-0.2, -0.15) is 0 Å². The van der Waals surface area contributed by atoms with Crippen molar-refractivity contribution in [3.8, 4) is 11.4 Å². The van der Waals surface area contributed by atoms with Crippen LogP contribution >= 0.6 is 11.8 Å². The number of para-hydroxylation sites is 1. The van der Waals surface area contributed by atoms with Crippen LogP contribution in [0.3, 0.4) is 0 Å². The molecule has 0 saturated carbocycles. The van der Waals surface area contributed by atoms with E-state index in [0.717, 1.165) is 41.6 Å². The fourth-order valence-corrected chi connectivity index (χ4v) is 4.49. The molecular formula is C21H23N5OS. The standard InChI is InChI=1S/C21H23N5OS/c1-3-11-25-20(17-8-6-10-22-13-17)23-24-21(25)28-14-19(27)26-15(2)12-16-7-4-5-9-18(16)26/h4-10,13,15H,3,11-12,14H2,1-2H3/t15-/m1/s1. The van der Waals surface area contributed by atoms with E-state index in [4.69, 9.17) is 0 Å². The molecule has 0 spiro atoms. The van der Waals surface area contributed by atoms with Gasteiger partial charge in [0, 0.05) is 36.2 Å². The lowest BCUT2D eigenvalue weighted by atomic mass is 10.1. The Kier molecular flexibility index (Phi) is 5.43. The average Bonchev–Trinajstić information content (AvgIpc) is 3.27. The Morgan fingerprint density at radius 3 is 2.86 bits per heavy atom. The fourth-order valence-electron chi connectivity index (χ4n) is 3.67. The summed E-state index contributed by atoms with van der Waals surface area (Å²) in [6.45, 7) is 5.02. The Labute approximate surface area is 169 Å². The first-order chi connectivity index (χ1) is 13.7. The van der Waals surface area contributed by atoms with Crippen molar-refractivity contribution in [2.24, 2.45) is 0 Å². The summed E-state index contributed by atoms with van der Waals surface area (Å²) in [5.41, 5.74) is 3.21. The Bertz CT molecular complexity index is 972. The molecule has 0 saturated heterocycles. The smallest absolute Gasteiger partial charge is 0.237 e. The number of hydrogen-bond donors (Lipinski definition) is 0. The van der Waals surface area contributed by atoms with Crippen LogP contribution in [0.4, 0.5) is 5.69 Å². The first-order valence-corrected chi connectivity index (χ1v) is 10.5. The van der Waals surface area contributed by atoms with Crippen LogP contribution in [0.1, 0.15) is 25.8 Å². The van der Waals surface area contributed by atoms with Crippen LogP contribution < -0.4 is 4.90 Å². The molecule has 1 aliphatic heterocycles. The molecule has 144 valence electrons. The second kappa shape index (κ2) is 8.14. The van der Waals surface area contributed by atoms with E-state index >= 15 is 0 Å². The third-order valence-corrected chi connectivity index (χ3v) is 5.84. The van der Waals surface area contributed by atoms with Crippen molar-refractivity contribution in [1.29, 1.82) is 0 Å². The van der Waals surface area contributed by atoms with Crippen LogP contribution in [-0.4, -0.2) is 37.5 Å². The molecule has 7 heteroatoms. The monoisotopic (exact) mass is 393 g/mol. The van der Waals surface area contributed by atoms with E-state index in [-0.39, 0.29) is 11.9 Å². The van der Waals surface area contributed by atoms with E-state index in [0.29, 0.717) is 5.75 Å². The first-order valence-electron chi connectivity index (χ1n) is 9.55. The van der Waals surface area contributed by atoms with Gasteiger partial charge >= 0.3 is 0 Å².